The van der Waals surface area contributed by atoms with Gasteiger partial charge in [0.1, 0.15) is 12.3 Å². The van der Waals surface area contributed by atoms with Crippen LogP contribution in [0, 0.1) is 11.8 Å². The minimum Gasteiger partial charge on any atom is -0.396 e. The molecule has 4 unspecified atom stereocenters. The highest BCUT2D eigenvalue weighted by Crippen LogP contribution is 2.32. The van der Waals surface area contributed by atoms with Crippen molar-refractivity contribution in [3.63, 3.8) is 0 Å². The Labute approximate surface area is 65.4 Å². The van der Waals surface area contributed by atoms with E-state index in [2.05, 4.69) is 0 Å². The Morgan fingerprint density at radius 1 is 1.27 bits per heavy atom. The zero-order valence-electron chi connectivity index (χ0n) is 6.63. The topological polar surface area (TPSA) is 20.2 Å². The number of aliphatic hydroxyl groups is 1. The van der Waals surface area contributed by atoms with Crippen LogP contribution in [-0.2, 0) is 0 Å². The summed E-state index contributed by atoms with van der Waals surface area (Å²) in [6.45, 7) is 1.49. The van der Waals surface area contributed by atoms with Gasteiger partial charge in [-0.25, -0.2) is 8.78 Å². The molecule has 66 valence electrons. The van der Waals surface area contributed by atoms with E-state index in [0.29, 0.717) is 12.8 Å². The van der Waals surface area contributed by atoms with E-state index < -0.39 is 18.3 Å². The van der Waals surface area contributed by atoms with Crippen LogP contribution in [0.15, 0.2) is 0 Å². The lowest BCUT2D eigenvalue weighted by Crippen LogP contribution is -2.38. The van der Waals surface area contributed by atoms with Gasteiger partial charge in [-0.2, -0.15) is 0 Å². The molecule has 0 amide bonds. The summed E-state index contributed by atoms with van der Waals surface area (Å²) in [7, 11) is 0. The molecule has 0 spiro atoms. The summed E-state index contributed by atoms with van der Waals surface area (Å²) in [4.78, 5) is 0. The predicted octanol–water partition coefficient (Wildman–Crippen LogP) is 1.70. The fraction of sp³-hybridized carbons (Fsp3) is 1.00. The molecule has 3 heteroatoms. The zero-order valence-corrected chi connectivity index (χ0v) is 6.63. The highest BCUT2D eigenvalue weighted by molar-refractivity contribution is 4.85. The van der Waals surface area contributed by atoms with Crippen LogP contribution >= 0.6 is 0 Å². The third kappa shape index (κ3) is 1.70. The molecule has 1 nitrogen and oxygen atoms in total. The largest absolute Gasteiger partial charge is 0.396 e. The second-order valence-electron chi connectivity index (χ2n) is 3.39. The van der Waals surface area contributed by atoms with E-state index in [0.717, 1.165) is 0 Å². The minimum atomic E-state index is -1.45. The maximum Gasteiger partial charge on any atom is 0.136 e. The lowest BCUT2D eigenvalue weighted by molar-refractivity contribution is 0.00602. The average molecular weight is 164 g/mol. The van der Waals surface area contributed by atoms with Gasteiger partial charge in [0.2, 0.25) is 0 Å². The van der Waals surface area contributed by atoms with Crippen LogP contribution < -0.4 is 0 Å². The average Bonchev–Trinajstić information content (AvgIpc) is 2.01. The molecule has 1 saturated carbocycles. The van der Waals surface area contributed by atoms with Gasteiger partial charge in [0, 0.05) is 12.5 Å². The smallest absolute Gasteiger partial charge is 0.136 e. The molecule has 1 fully saturated rings. The molecule has 1 N–H and O–H groups in total. The summed E-state index contributed by atoms with van der Waals surface area (Å²) in [6, 6.07) is 0. The van der Waals surface area contributed by atoms with Gasteiger partial charge in [-0.3, -0.25) is 0 Å². The Balaban J connectivity index is 2.52. The van der Waals surface area contributed by atoms with E-state index in [9.17, 15) is 8.78 Å². The van der Waals surface area contributed by atoms with Crippen LogP contribution in [0.5, 0.6) is 0 Å². The number of rotatable bonds is 1. The highest BCUT2D eigenvalue weighted by atomic mass is 19.2. The maximum atomic E-state index is 13.0. The Bertz CT molecular complexity index is 127. The van der Waals surface area contributed by atoms with Crippen LogP contribution in [0.1, 0.15) is 19.8 Å². The van der Waals surface area contributed by atoms with Crippen molar-refractivity contribution in [2.24, 2.45) is 11.8 Å². The molecule has 11 heavy (non-hydrogen) atoms. The van der Waals surface area contributed by atoms with Gasteiger partial charge in [0.15, 0.2) is 0 Å². The third-order valence-corrected chi connectivity index (χ3v) is 2.53. The molecular formula is C8H14F2O. The first-order valence-electron chi connectivity index (χ1n) is 4.05. The van der Waals surface area contributed by atoms with Gasteiger partial charge in [-0.1, -0.05) is 6.92 Å². The minimum absolute atomic E-state index is 0.187. The monoisotopic (exact) mass is 164 g/mol. The van der Waals surface area contributed by atoms with Crippen LogP contribution in [-0.4, -0.2) is 24.1 Å². The van der Waals surface area contributed by atoms with E-state index in [-0.39, 0.29) is 12.5 Å². The highest BCUT2D eigenvalue weighted by Gasteiger charge is 2.37. The summed E-state index contributed by atoms with van der Waals surface area (Å²) >= 11 is 0. The van der Waals surface area contributed by atoms with Gasteiger partial charge >= 0.3 is 0 Å². The maximum absolute atomic E-state index is 13.0. The molecule has 0 aromatic rings. The molecule has 0 aromatic heterocycles. The Morgan fingerprint density at radius 2 is 1.91 bits per heavy atom. The molecule has 1 rings (SSSR count). The number of aliphatic hydroxyl groups excluding tert-OH is 1. The van der Waals surface area contributed by atoms with Crippen molar-refractivity contribution in [3.05, 3.63) is 0 Å². The van der Waals surface area contributed by atoms with Gasteiger partial charge in [-0.15, -0.1) is 0 Å². The van der Waals surface area contributed by atoms with Crippen LogP contribution in [0.3, 0.4) is 0 Å². The van der Waals surface area contributed by atoms with Crippen molar-refractivity contribution in [1.29, 1.82) is 0 Å². The zero-order chi connectivity index (χ0) is 8.43. The summed E-state index contributed by atoms with van der Waals surface area (Å²) in [5, 5.41) is 8.66. The van der Waals surface area contributed by atoms with E-state index in [1.54, 1.807) is 6.92 Å². The van der Waals surface area contributed by atoms with Crippen molar-refractivity contribution in [3.8, 4) is 0 Å². The van der Waals surface area contributed by atoms with Gasteiger partial charge in [-0.05, 0) is 18.8 Å². The van der Waals surface area contributed by atoms with E-state index in [4.69, 9.17) is 5.11 Å². The number of hydrogen-bond acceptors (Lipinski definition) is 1. The van der Waals surface area contributed by atoms with Gasteiger partial charge in [0.25, 0.3) is 0 Å². The number of halogens is 2. The summed E-state index contributed by atoms with van der Waals surface area (Å²) in [6.07, 6.45) is -1.53. The van der Waals surface area contributed by atoms with Crippen molar-refractivity contribution >= 4 is 0 Å². The van der Waals surface area contributed by atoms with Gasteiger partial charge in [0.05, 0.1) is 0 Å². The second kappa shape index (κ2) is 3.48. The number of alkyl halides is 2. The quantitative estimate of drug-likeness (QED) is 0.625. The molecule has 0 radical (unpaired) electrons. The van der Waals surface area contributed by atoms with E-state index >= 15 is 0 Å². The SMILES string of the molecule is CC1CCC(CO)C(F)C1F. The van der Waals surface area contributed by atoms with Crippen molar-refractivity contribution in [2.75, 3.05) is 6.61 Å². The fourth-order valence-corrected chi connectivity index (χ4v) is 1.56. The Hall–Kier alpha value is -0.180. The normalized spacial score (nSPS) is 45.8. The van der Waals surface area contributed by atoms with E-state index in [1.807, 2.05) is 0 Å². The van der Waals surface area contributed by atoms with Crippen LogP contribution in [0.4, 0.5) is 8.78 Å². The lowest BCUT2D eigenvalue weighted by atomic mass is 9.80. The van der Waals surface area contributed by atoms with Crippen molar-refractivity contribution < 1.29 is 13.9 Å². The fourth-order valence-electron chi connectivity index (χ4n) is 1.56. The molecule has 4 atom stereocenters. The Kier molecular flexibility index (Phi) is 2.82. The first kappa shape index (κ1) is 8.91. The Morgan fingerprint density at radius 3 is 2.45 bits per heavy atom. The summed E-state index contributed by atoms with van der Waals surface area (Å²) in [5.74, 6) is -0.658. The molecule has 0 saturated heterocycles. The van der Waals surface area contributed by atoms with Gasteiger partial charge < -0.3 is 5.11 Å². The molecule has 0 aromatic carbocycles. The van der Waals surface area contributed by atoms with Crippen molar-refractivity contribution in [2.45, 2.75) is 32.1 Å². The summed E-state index contributed by atoms with van der Waals surface area (Å²) < 4.78 is 25.9. The molecule has 1 aliphatic rings. The van der Waals surface area contributed by atoms with Crippen molar-refractivity contribution in [1.82, 2.24) is 0 Å². The molecule has 0 aliphatic heterocycles. The first-order chi connectivity index (χ1) is 5.16. The second-order valence-corrected chi connectivity index (χ2v) is 3.39. The summed E-state index contributed by atoms with van der Waals surface area (Å²) in [5.41, 5.74) is 0. The number of hydrogen-bond donors (Lipinski definition) is 1. The molecule has 0 bridgehead atoms. The molecule has 0 heterocycles. The standard InChI is InChI=1S/C8H14F2O/c1-5-2-3-6(4-11)8(10)7(5)9/h5-8,11H,2-4H2,1H3. The molecular weight excluding hydrogens is 150 g/mol. The lowest BCUT2D eigenvalue weighted by Gasteiger charge is -2.31. The van der Waals surface area contributed by atoms with E-state index in [1.165, 1.54) is 0 Å². The van der Waals surface area contributed by atoms with Crippen LogP contribution in [0.25, 0.3) is 0 Å². The van der Waals surface area contributed by atoms with Crippen LogP contribution in [0.2, 0.25) is 0 Å². The predicted molar refractivity (Wildman–Crippen MR) is 38.8 cm³/mol. The third-order valence-electron chi connectivity index (χ3n) is 2.53. The molecule has 1 aliphatic carbocycles. The first-order valence-corrected chi connectivity index (χ1v) is 4.05.